The van der Waals surface area contributed by atoms with Crippen molar-refractivity contribution in [1.82, 2.24) is 0 Å². The van der Waals surface area contributed by atoms with Crippen LogP contribution in [0.25, 0.3) is 0 Å². The highest BCUT2D eigenvalue weighted by atomic mass is 35.5. The topological polar surface area (TPSA) is 83.5 Å². The lowest BCUT2D eigenvalue weighted by Gasteiger charge is -2.07. The molecule has 0 saturated carbocycles. The van der Waals surface area contributed by atoms with Crippen molar-refractivity contribution in [3.05, 3.63) is 64.4 Å². The number of aromatic carboxylic acids is 1. The van der Waals surface area contributed by atoms with Crippen LogP contribution in [0.15, 0.2) is 42.5 Å². The lowest BCUT2D eigenvalue weighted by molar-refractivity contribution is -0.116. The van der Waals surface area contributed by atoms with Gasteiger partial charge in [-0.2, -0.15) is 0 Å². The summed E-state index contributed by atoms with van der Waals surface area (Å²) in [6.45, 7) is 0. The maximum absolute atomic E-state index is 12.8. The third kappa shape index (κ3) is 4.63. The molecule has 24 heavy (non-hydrogen) atoms. The zero-order valence-corrected chi connectivity index (χ0v) is 13.1. The molecule has 2 N–H and O–H groups in total. The third-order valence-electron chi connectivity index (χ3n) is 3.23. The Morgan fingerprint density at radius 3 is 2.33 bits per heavy atom. The van der Waals surface area contributed by atoms with Crippen LogP contribution in [0.4, 0.5) is 10.1 Å². The number of anilines is 1. The van der Waals surface area contributed by atoms with Crippen molar-refractivity contribution in [1.29, 1.82) is 0 Å². The average molecular weight is 350 g/mol. The second kappa shape index (κ2) is 7.70. The summed E-state index contributed by atoms with van der Waals surface area (Å²) in [5.41, 5.74) is 0.469. The van der Waals surface area contributed by atoms with Gasteiger partial charge in [-0.3, -0.25) is 9.59 Å². The molecule has 2 rings (SSSR count). The second-order valence-electron chi connectivity index (χ2n) is 4.98. The van der Waals surface area contributed by atoms with E-state index >= 15 is 0 Å². The highest BCUT2D eigenvalue weighted by molar-refractivity contribution is 6.33. The van der Waals surface area contributed by atoms with Crippen LogP contribution in [0.3, 0.4) is 0 Å². The fourth-order valence-corrected chi connectivity index (χ4v) is 2.20. The number of rotatable bonds is 6. The van der Waals surface area contributed by atoms with Gasteiger partial charge in [-0.15, -0.1) is 0 Å². The van der Waals surface area contributed by atoms with Gasteiger partial charge in [0.2, 0.25) is 5.91 Å². The lowest BCUT2D eigenvalue weighted by Crippen LogP contribution is -2.14. The third-order valence-corrected chi connectivity index (χ3v) is 3.56. The number of carboxylic acid groups (broad SMARTS) is 1. The van der Waals surface area contributed by atoms with Crippen molar-refractivity contribution in [2.24, 2.45) is 0 Å². The minimum absolute atomic E-state index is 0.0448. The van der Waals surface area contributed by atoms with E-state index in [1.807, 2.05) is 0 Å². The number of ketones is 1. The van der Waals surface area contributed by atoms with Crippen LogP contribution in [0.1, 0.15) is 33.6 Å². The number of amides is 1. The van der Waals surface area contributed by atoms with E-state index < -0.39 is 17.7 Å². The van der Waals surface area contributed by atoms with Gasteiger partial charge < -0.3 is 10.4 Å². The molecular formula is C17H13ClFNO4. The smallest absolute Gasteiger partial charge is 0.337 e. The number of benzene rings is 2. The molecule has 0 aliphatic rings. The summed E-state index contributed by atoms with van der Waals surface area (Å²) >= 11 is 5.74. The molecule has 0 aromatic heterocycles. The van der Waals surface area contributed by atoms with Crippen molar-refractivity contribution in [3.8, 4) is 0 Å². The summed E-state index contributed by atoms with van der Waals surface area (Å²) in [7, 11) is 0. The molecule has 0 aliphatic heterocycles. The number of halogens is 2. The zero-order valence-electron chi connectivity index (χ0n) is 12.4. The summed E-state index contributed by atoms with van der Waals surface area (Å²) in [5.74, 6) is -2.37. The Bertz CT molecular complexity index is 790. The standard InChI is InChI=1S/C17H13ClFNO4/c18-14-6-5-12(9-13(14)17(23)24)20-16(22)8-7-15(21)10-1-3-11(19)4-2-10/h1-6,9H,7-8H2,(H,20,22)(H,23,24). The highest BCUT2D eigenvalue weighted by Gasteiger charge is 2.12. The summed E-state index contributed by atoms with van der Waals surface area (Å²) in [5, 5.41) is 11.5. The number of carboxylic acids is 1. The molecule has 2 aromatic rings. The molecule has 1 amide bonds. The predicted octanol–water partition coefficient (Wildman–Crippen LogP) is 3.78. The van der Waals surface area contributed by atoms with E-state index in [-0.39, 0.29) is 34.9 Å². The van der Waals surface area contributed by atoms with Crippen molar-refractivity contribution in [2.75, 3.05) is 5.32 Å². The van der Waals surface area contributed by atoms with Crippen LogP contribution in [-0.2, 0) is 4.79 Å². The first-order valence-electron chi connectivity index (χ1n) is 6.98. The Kier molecular flexibility index (Phi) is 5.65. The number of hydrogen-bond acceptors (Lipinski definition) is 3. The molecular weight excluding hydrogens is 337 g/mol. The zero-order chi connectivity index (χ0) is 17.7. The van der Waals surface area contributed by atoms with E-state index in [9.17, 15) is 18.8 Å². The number of nitrogens with one attached hydrogen (secondary N) is 1. The van der Waals surface area contributed by atoms with Crippen LogP contribution in [0.2, 0.25) is 5.02 Å². The Labute approximate surface area is 142 Å². The van der Waals surface area contributed by atoms with E-state index in [2.05, 4.69) is 5.32 Å². The molecule has 0 bridgehead atoms. The largest absolute Gasteiger partial charge is 0.478 e. The van der Waals surface area contributed by atoms with Crippen LogP contribution in [-0.4, -0.2) is 22.8 Å². The molecule has 0 aliphatic carbocycles. The molecule has 0 unspecified atom stereocenters. The van der Waals surface area contributed by atoms with Crippen molar-refractivity contribution >= 4 is 34.9 Å². The van der Waals surface area contributed by atoms with Gasteiger partial charge in [0.15, 0.2) is 5.78 Å². The summed E-state index contributed by atoms with van der Waals surface area (Å²) < 4.78 is 12.8. The molecule has 0 saturated heterocycles. The normalized spacial score (nSPS) is 10.2. The minimum atomic E-state index is -1.21. The molecule has 0 heterocycles. The van der Waals surface area contributed by atoms with E-state index in [1.165, 1.54) is 42.5 Å². The Morgan fingerprint density at radius 2 is 1.71 bits per heavy atom. The first-order valence-corrected chi connectivity index (χ1v) is 7.36. The number of Topliss-reactive ketones (excluding diaryl/α,β-unsaturated/α-hetero) is 1. The van der Waals surface area contributed by atoms with Gasteiger partial charge in [0.25, 0.3) is 0 Å². The van der Waals surface area contributed by atoms with E-state index in [1.54, 1.807) is 0 Å². The summed E-state index contributed by atoms with van der Waals surface area (Å²) in [4.78, 5) is 34.8. The van der Waals surface area contributed by atoms with Gasteiger partial charge in [-0.1, -0.05) is 11.6 Å². The Morgan fingerprint density at radius 1 is 1.04 bits per heavy atom. The Hall–Kier alpha value is -2.73. The maximum Gasteiger partial charge on any atom is 0.337 e. The fourth-order valence-electron chi connectivity index (χ4n) is 2.00. The molecule has 124 valence electrons. The number of carbonyl (C=O) groups excluding carboxylic acids is 2. The summed E-state index contributed by atoms with van der Waals surface area (Å²) in [6.07, 6.45) is -0.127. The monoisotopic (exact) mass is 349 g/mol. The number of carbonyl (C=O) groups is 3. The quantitative estimate of drug-likeness (QED) is 0.777. The van der Waals surface area contributed by atoms with Crippen LogP contribution in [0.5, 0.6) is 0 Å². The van der Waals surface area contributed by atoms with Crippen molar-refractivity contribution < 1.29 is 23.9 Å². The van der Waals surface area contributed by atoms with Gasteiger partial charge in [0.1, 0.15) is 5.82 Å². The van der Waals surface area contributed by atoms with E-state index in [4.69, 9.17) is 16.7 Å². The number of hydrogen-bond donors (Lipinski definition) is 2. The molecule has 0 atom stereocenters. The molecule has 7 heteroatoms. The summed E-state index contributed by atoms with van der Waals surface area (Å²) in [6, 6.07) is 9.13. The minimum Gasteiger partial charge on any atom is -0.478 e. The van der Waals surface area contributed by atoms with Gasteiger partial charge in [-0.05, 0) is 42.5 Å². The van der Waals surface area contributed by atoms with Crippen LogP contribution in [0, 0.1) is 5.82 Å². The SMILES string of the molecule is O=C(CCC(=O)c1ccc(F)cc1)Nc1ccc(Cl)c(C(=O)O)c1. The predicted molar refractivity (Wildman–Crippen MR) is 87.0 cm³/mol. The van der Waals surface area contributed by atoms with Gasteiger partial charge >= 0.3 is 5.97 Å². The van der Waals surface area contributed by atoms with Gasteiger partial charge in [0, 0.05) is 24.1 Å². The van der Waals surface area contributed by atoms with E-state index in [0.717, 1.165) is 0 Å². The lowest BCUT2D eigenvalue weighted by atomic mass is 10.1. The van der Waals surface area contributed by atoms with Crippen molar-refractivity contribution in [2.45, 2.75) is 12.8 Å². The van der Waals surface area contributed by atoms with Crippen LogP contribution >= 0.6 is 11.6 Å². The first-order chi connectivity index (χ1) is 11.4. The van der Waals surface area contributed by atoms with Crippen molar-refractivity contribution in [3.63, 3.8) is 0 Å². The van der Waals surface area contributed by atoms with Gasteiger partial charge in [-0.25, -0.2) is 9.18 Å². The second-order valence-corrected chi connectivity index (χ2v) is 5.39. The maximum atomic E-state index is 12.8. The first kappa shape index (κ1) is 17.6. The highest BCUT2D eigenvalue weighted by Crippen LogP contribution is 2.21. The average Bonchev–Trinajstić information content (AvgIpc) is 2.55. The molecule has 0 fully saturated rings. The molecule has 5 nitrogen and oxygen atoms in total. The molecule has 0 spiro atoms. The molecule has 2 aromatic carbocycles. The molecule has 0 radical (unpaired) electrons. The van der Waals surface area contributed by atoms with Gasteiger partial charge in [0.05, 0.1) is 10.6 Å². The fraction of sp³-hybridized carbons (Fsp3) is 0.118. The van der Waals surface area contributed by atoms with E-state index in [0.29, 0.717) is 5.56 Å². The Balaban J connectivity index is 1.94. The van der Waals surface area contributed by atoms with Crippen LogP contribution < -0.4 is 5.32 Å².